The first-order valence-corrected chi connectivity index (χ1v) is 6.89. The summed E-state index contributed by atoms with van der Waals surface area (Å²) >= 11 is 0. The van der Waals surface area contributed by atoms with E-state index in [0.29, 0.717) is 17.8 Å². The Bertz CT molecular complexity index is 754. The number of carbonyl (C=O) groups excluding carboxylic acids is 1. The van der Waals surface area contributed by atoms with Crippen LogP contribution in [0.3, 0.4) is 0 Å². The molecule has 1 heterocycles. The first-order valence-electron chi connectivity index (χ1n) is 6.89. The van der Waals surface area contributed by atoms with Crippen molar-refractivity contribution in [3.8, 4) is 0 Å². The van der Waals surface area contributed by atoms with Crippen LogP contribution in [-0.2, 0) is 18.3 Å². The number of methoxy groups -OCH3 is 1. The van der Waals surface area contributed by atoms with Gasteiger partial charge < -0.3 is 14.2 Å². The molecule has 0 unspecified atom stereocenters. The monoisotopic (exact) mass is 318 g/mol. The van der Waals surface area contributed by atoms with Crippen LogP contribution in [0.4, 0.5) is 11.4 Å². The van der Waals surface area contributed by atoms with Gasteiger partial charge in [-0.2, -0.15) is 0 Å². The molecule has 0 bridgehead atoms. The lowest BCUT2D eigenvalue weighted by atomic mass is 10.1. The number of rotatable bonds is 5. The fraction of sp³-hybridized carbons (Fsp3) is 0.333. The number of ether oxygens (including phenoxy) is 1. The summed E-state index contributed by atoms with van der Waals surface area (Å²) in [5.74, 6) is 0.107. The van der Waals surface area contributed by atoms with Crippen LogP contribution in [0.2, 0.25) is 0 Å². The fourth-order valence-electron chi connectivity index (χ4n) is 2.34. The zero-order valence-electron chi connectivity index (χ0n) is 13.4. The number of aromatic nitrogens is 2. The Balaban J connectivity index is 2.43. The second-order valence-corrected chi connectivity index (χ2v) is 5.22. The zero-order valence-corrected chi connectivity index (χ0v) is 13.4. The summed E-state index contributed by atoms with van der Waals surface area (Å²) in [4.78, 5) is 28.6. The van der Waals surface area contributed by atoms with E-state index < -0.39 is 10.9 Å². The summed E-state index contributed by atoms with van der Waals surface area (Å²) in [6.45, 7) is 2.10. The predicted octanol–water partition coefficient (Wildman–Crippen LogP) is 2.06. The molecule has 0 fully saturated rings. The highest BCUT2D eigenvalue weighted by molar-refractivity contribution is 5.95. The number of benzene rings is 1. The number of anilines is 1. The molecule has 0 aliphatic carbocycles. The van der Waals surface area contributed by atoms with Crippen molar-refractivity contribution in [2.24, 2.45) is 7.05 Å². The molecule has 0 saturated heterocycles. The van der Waals surface area contributed by atoms with Gasteiger partial charge in [0.1, 0.15) is 11.4 Å². The molecule has 0 radical (unpaired) electrons. The Labute approximate surface area is 133 Å². The van der Waals surface area contributed by atoms with E-state index in [-0.39, 0.29) is 11.3 Å². The largest absolute Gasteiger partial charge is 0.465 e. The number of carbonyl (C=O) groups is 1. The second kappa shape index (κ2) is 6.47. The van der Waals surface area contributed by atoms with Gasteiger partial charge in [0.05, 0.1) is 18.6 Å². The van der Waals surface area contributed by atoms with Crippen LogP contribution < -0.4 is 4.90 Å². The number of aryl methyl sites for hydroxylation is 2. The van der Waals surface area contributed by atoms with E-state index in [0.717, 1.165) is 5.82 Å². The van der Waals surface area contributed by atoms with Crippen LogP contribution >= 0.6 is 0 Å². The highest BCUT2D eigenvalue weighted by atomic mass is 16.6. The summed E-state index contributed by atoms with van der Waals surface area (Å²) in [7, 11) is 4.92. The van der Waals surface area contributed by atoms with E-state index >= 15 is 0 Å². The van der Waals surface area contributed by atoms with Gasteiger partial charge in [0.15, 0.2) is 0 Å². The molecule has 0 saturated carbocycles. The van der Waals surface area contributed by atoms with Crippen LogP contribution in [-0.4, -0.2) is 34.6 Å². The van der Waals surface area contributed by atoms with Gasteiger partial charge in [-0.05, 0) is 19.1 Å². The average molecular weight is 318 g/mol. The van der Waals surface area contributed by atoms with Gasteiger partial charge in [0.2, 0.25) is 0 Å². The molecular formula is C15H18N4O4. The summed E-state index contributed by atoms with van der Waals surface area (Å²) in [6.07, 6.45) is 3.54. The van der Waals surface area contributed by atoms with Crippen LogP contribution in [0.25, 0.3) is 0 Å². The van der Waals surface area contributed by atoms with E-state index in [4.69, 9.17) is 0 Å². The highest BCUT2D eigenvalue weighted by Gasteiger charge is 2.25. The number of nitro groups is 1. The first-order chi connectivity index (χ1) is 10.8. The number of imidazole rings is 1. The van der Waals surface area contributed by atoms with Crippen molar-refractivity contribution in [2.45, 2.75) is 13.5 Å². The number of nitro benzene ring substituents is 1. The topological polar surface area (TPSA) is 90.5 Å². The summed E-state index contributed by atoms with van der Waals surface area (Å²) in [6, 6.07) is 3.15. The SMILES string of the molecule is COC(=O)c1cc(N(C)Cc2nccn2C)cc(C)c1[N+](=O)[O-]. The quantitative estimate of drug-likeness (QED) is 0.476. The number of hydrogen-bond acceptors (Lipinski definition) is 6. The molecule has 2 rings (SSSR count). The highest BCUT2D eigenvalue weighted by Crippen LogP contribution is 2.30. The minimum absolute atomic E-state index is 0.0563. The third-order valence-corrected chi connectivity index (χ3v) is 3.61. The zero-order chi connectivity index (χ0) is 17.1. The molecule has 0 amide bonds. The minimum atomic E-state index is -0.730. The lowest BCUT2D eigenvalue weighted by molar-refractivity contribution is -0.385. The molecule has 122 valence electrons. The number of nitrogens with zero attached hydrogens (tertiary/aromatic N) is 4. The van der Waals surface area contributed by atoms with Crippen molar-refractivity contribution in [3.05, 3.63) is 51.6 Å². The molecule has 0 atom stereocenters. The molecule has 0 aliphatic rings. The maximum absolute atomic E-state index is 11.9. The smallest absolute Gasteiger partial charge is 0.344 e. The first kappa shape index (κ1) is 16.5. The fourth-order valence-corrected chi connectivity index (χ4v) is 2.34. The van der Waals surface area contributed by atoms with Crippen LogP contribution in [0.5, 0.6) is 0 Å². The molecular weight excluding hydrogens is 300 g/mol. The molecule has 0 spiro atoms. The van der Waals surface area contributed by atoms with Gasteiger partial charge in [0.25, 0.3) is 5.69 Å². The van der Waals surface area contributed by atoms with Crippen molar-refractivity contribution in [1.82, 2.24) is 9.55 Å². The molecule has 1 aromatic heterocycles. The second-order valence-electron chi connectivity index (χ2n) is 5.22. The van der Waals surface area contributed by atoms with Gasteiger partial charge in [-0.1, -0.05) is 0 Å². The van der Waals surface area contributed by atoms with Crippen molar-refractivity contribution in [3.63, 3.8) is 0 Å². The Kier molecular flexibility index (Phi) is 4.63. The molecule has 1 aromatic carbocycles. The summed E-state index contributed by atoms with van der Waals surface area (Å²) in [5.41, 5.74) is 0.793. The Morgan fingerprint density at radius 3 is 2.70 bits per heavy atom. The van der Waals surface area contributed by atoms with E-state index in [1.807, 2.05) is 29.8 Å². The van der Waals surface area contributed by atoms with E-state index in [1.165, 1.54) is 13.2 Å². The predicted molar refractivity (Wildman–Crippen MR) is 84.5 cm³/mol. The average Bonchev–Trinajstić information content (AvgIpc) is 2.90. The van der Waals surface area contributed by atoms with E-state index in [9.17, 15) is 14.9 Å². The summed E-state index contributed by atoms with van der Waals surface area (Å²) in [5, 5.41) is 11.2. The lowest BCUT2D eigenvalue weighted by Crippen LogP contribution is -2.20. The van der Waals surface area contributed by atoms with Crippen LogP contribution in [0.1, 0.15) is 21.7 Å². The van der Waals surface area contributed by atoms with Crippen molar-refractivity contribution < 1.29 is 14.5 Å². The Hall–Kier alpha value is -2.90. The van der Waals surface area contributed by atoms with Gasteiger partial charge in [-0.3, -0.25) is 10.1 Å². The standard InChI is InChI=1S/C15H18N4O4/c1-10-7-11(18(3)9-13-16-5-6-17(13)2)8-12(15(20)23-4)14(10)19(21)22/h5-8H,9H2,1-4H3. The van der Waals surface area contributed by atoms with E-state index in [2.05, 4.69) is 9.72 Å². The molecule has 2 aromatic rings. The van der Waals surface area contributed by atoms with Gasteiger partial charge in [0, 0.05) is 37.7 Å². The molecule has 0 N–H and O–H groups in total. The maximum Gasteiger partial charge on any atom is 0.344 e. The van der Waals surface area contributed by atoms with Crippen molar-refractivity contribution in [2.75, 3.05) is 19.1 Å². The Morgan fingerprint density at radius 2 is 2.17 bits per heavy atom. The third-order valence-electron chi connectivity index (χ3n) is 3.61. The van der Waals surface area contributed by atoms with Gasteiger partial charge in [-0.15, -0.1) is 0 Å². The molecule has 8 nitrogen and oxygen atoms in total. The van der Waals surface area contributed by atoms with Crippen LogP contribution in [0.15, 0.2) is 24.5 Å². The van der Waals surface area contributed by atoms with Gasteiger partial charge in [-0.25, -0.2) is 9.78 Å². The third kappa shape index (κ3) is 3.31. The lowest BCUT2D eigenvalue weighted by Gasteiger charge is -2.20. The van der Waals surface area contributed by atoms with E-state index in [1.54, 1.807) is 19.2 Å². The van der Waals surface area contributed by atoms with Crippen LogP contribution in [0, 0.1) is 17.0 Å². The number of esters is 1. The number of hydrogen-bond donors (Lipinski definition) is 0. The normalized spacial score (nSPS) is 10.4. The van der Waals surface area contributed by atoms with Crippen molar-refractivity contribution in [1.29, 1.82) is 0 Å². The molecule has 23 heavy (non-hydrogen) atoms. The van der Waals surface area contributed by atoms with Crippen molar-refractivity contribution >= 4 is 17.3 Å². The molecule has 8 heteroatoms. The van der Waals surface area contributed by atoms with Gasteiger partial charge >= 0.3 is 5.97 Å². The minimum Gasteiger partial charge on any atom is -0.465 e. The Morgan fingerprint density at radius 1 is 1.48 bits per heavy atom. The molecule has 0 aliphatic heterocycles. The maximum atomic E-state index is 11.9. The summed E-state index contributed by atoms with van der Waals surface area (Å²) < 4.78 is 6.55.